The van der Waals surface area contributed by atoms with Crippen molar-refractivity contribution >= 4 is 57.7 Å². The Kier molecular flexibility index (Phi) is 6.20. The van der Waals surface area contributed by atoms with Crippen LogP contribution in [0.5, 0.6) is 0 Å². The number of primary amides is 1. The van der Waals surface area contributed by atoms with Crippen molar-refractivity contribution in [3.63, 3.8) is 0 Å². The van der Waals surface area contributed by atoms with Crippen LogP contribution in [0.1, 0.15) is 49.7 Å². The first kappa shape index (κ1) is 23.0. The predicted molar refractivity (Wildman–Crippen MR) is 138 cm³/mol. The molecule has 0 radical (unpaired) electrons. The van der Waals surface area contributed by atoms with Crippen molar-refractivity contribution in [2.24, 2.45) is 11.7 Å². The second kappa shape index (κ2) is 9.14. The van der Waals surface area contributed by atoms with Gasteiger partial charge < -0.3 is 10.6 Å². The second-order valence-electron chi connectivity index (χ2n) is 9.19. The van der Waals surface area contributed by atoms with Crippen LogP contribution >= 0.6 is 24.0 Å². The Hall–Kier alpha value is -2.72. The molecule has 2 saturated heterocycles. The zero-order valence-corrected chi connectivity index (χ0v) is 20.7. The summed E-state index contributed by atoms with van der Waals surface area (Å²) in [5, 5.41) is 0. The molecule has 0 atom stereocenters. The van der Waals surface area contributed by atoms with Crippen LogP contribution in [0.25, 0.3) is 11.7 Å². The quantitative estimate of drug-likeness (QED) is 0.512. The molecule has 3 aliphatic rings. The molecular weight excluding hydrogens is 470 g/mol. The third kappa shape index (κ3) is 4.02. The number of anilines is 1. The van der Waals surface area contributed by atoms with Crippen molar-refractivity contribution in [1.29, 1.82) is 0 Å². The standard InChI is InChI=1S/C24H27N5O3S2/c1-14-5-4-10-28-20(14)26-21(27-11-8-15(9-12-27)19(25)30)17(22(28)31)13-18-23(32)29(24(33)34-18)16-6-2-3-7-16/h4-5,10,13,15-16H,2-3,6-9,11-12H2,1H3,(H2,25,30)/b18-13-. The van der Waals surface area contributed by atoms with Gasteiger partial charge in [-0.1, -0.05) is 42.9 Å². The highest BCUT2D eigenvalue weighted by molar-refractivity contribution is 8.26. The number of amides is 2. The number of carbonyl (C=O) groups excluding carboxylic acids is 2. The van der Waals surface area contributed by atoms with Gasteiger partial charge in [-0.05, 0) is 50.3 Å². The minimum absolute atomic E-state index is 0.131. The smallest absolute Gasteiger partial charge is 0.267 e. The van der Waals surface area contributed by atoms with E-state index in [1.165, 1.54) is 16.2 Å². The highest BCUT2D eigenvalue weighted by Crippen LogP contribution is 2.38. The van der Waals surface area contributed by atoms with Crippen molar-refractivity contribution in [3.8, 4) is 0 Å². The molecule has 0 aromatic carbocycles. The van der Waals surface area contributed by atoms with Gasteiger partial charge in [-0.15, -0.1) is 0 Å². The van der Waals surface area contributed by atoms with E-state index < -0.39 is 0 Å². The van der Waals surface area contributed by atoms with Crippen LogP contribution in [0.2, 0.25) is 0 Å². The first-order valence-corrected chi connectivity index (χ1v) is 12.9. The van der Waals surface area contributed by atoms with Gasteiger partial charge in [-0.2, -0.15) is 0 Å². The fourth-order valence-corrected chi connectivity index (χ4v) is 6.51. The normalized spacial score (nSPS) is 21.4. The van der Waals surface area contributed by atoms with Gasteiger partial charge in [-0.3, -0.25) is 23.7 Å². The Morgan fingerprint density at radius 1 is 1.21 bits per heavy atom. The summed E-state index contributed by atoms with van der Waals surface area (Å²) in [6.45, 7) is 3.04. The van der Waals surface area contributed by atoms with Crippen molar-refractivity contribution in [3.05, 3.63) is 44.7 Å². The number of nitrogens with zero attached hydrogens (tertiary/aromatic N) is 4. The highest BCUT2D eigenvalue weighted by Gasteiger charge is 2.38. The van der Waals surface area contributed by atoms with Crippen molar-refractivity contribution in [1.82, 2.24) is 14.3 Å². The molecule has 10 heteroatoms. The van der Waals surface area contributed by atoms with Gasteiger partial charge in [0.15, 0.2) is 0 Å². The number of thioether (sulfide) groups is 1. The van der Waals surface area contributed by atoms with E-state index >= 15 is 0 Å². The maximum atomic E-state index is 13.6. The summed E-state index contributed by atoms with van der Waals surface area (Å²) in [4.78, 5) is 47.7. The Morgan fingerprint density at radius 2 is 1.91 bits per heavy atom. The molecule has 34 heavy (non-hydrogen) atoms. The molecule has 3 fully saturated rings. The monoisotopic (exact) mass is 497 g/mol. The van der Waals surface area contributed by atoms with Crippen molar-refractivity contribution in [2.75, 3.05) is 18.0 Å². The molecule has 2 aromatic heterocycles. The maximum absolute atomic E-state index is 13.6. The number of aromatic nitrogens is 2. The lowest BCUT2D eigenvalue weighted by atomic mass is 9.96. The number of rotatable bonds is 4. The SMILES string of the molecule is Cc1cccn2c(=O)c(/C=C3\SC(=S)N(C4CCCC4)C3=O)c(N3CCC(C(N)=O)CC3)nc12. The van der Waals surface area contributed by atoms with Crippen LogP contribution in [0.4, 0.5) is 5.82 Å². The third-order valence-electron chi connectivity index (χ3n) is 7.05. The molecule has 2 amide bonds. The summed E-state index contributed by atoms with van der Waals surface area (Å²) < 4.78 is 2.08. The molecule has 1 saturated carbocycles. The number of hydrogen-bond donors (Lipinski definition) is 1. The first-order chi connectivity index (χ1) is 16.3. The summed E-state index contributed by atoms with van der Waals surface area (Å²) in [6.07, 6.45) is 8.68. The Morgan fingerprint density at radius 3 is 2.59 bits per heavy atom. The number of piperidine rings is 1. The van der Waals surface area contributed by atoms with Crippen LogP contribution in [0, 0.1) is 12.8 Å². The van der Waals surface area contributed by atoms with E-state index in [9.17, 15) is 14.4 Å². The average Bonchev–Trinajstić information content (AvgIpc) is 3.43. The highest BCUT2D eigenvalue weighted by atomic mass is 32.2. The van der Waals surface area contributed by atoms with Crippen LogP contribution in [0.15, 0.2) is 28.0 Å². The topological polar surface area (TPSA) is 101 Å². The van der Waals surface area contributed by atoms with Gasteiger partial charge in [0, 0.05) is 31.2 Å². The lowest BCUT2D eigenvalue weighted by Gasteiger charge is -2.32. The molecular formula is C24H27N5O3S2. The molecule has 2 aliphatic heterocycles. The maximum Gasteiger partial charge on any atom is 0.267 e. The molecule has 2 N–H and O–H groups in total. The molecule has 0 bridgehead atoms. The average molecular weight is 498 g/mol. The van der Waals surface area contributed by atoms with E-state index in [2.05, 4.69) is 0 Å². The molecule has 2 aromatic rings. The van der Waals surface area contributed by atoms with E-state index in [4.69, 9.17) is 22.9 Å². The molecule has 178 valence electrons. The molecule has 8 nitrogen and oxygen atoms in total. The first-order valence-electron chi connectivity index (χ1n) is 11.7. The number of fused-ring (bicyclic) bond motifs is 1. The molecule has 5 rings (SSSR count). The van der Waals surface area contributed by atoms with Gasteiger partial charge in [0.05, 0.1) is 10.5 Å². The van der Waals surface area contributed by atoms with Gasteiger partial charge in [0.25, 0.3) is 11.5 Å². The van der Waals surface area contributed by atoms with Crippen molar-refractivity contribution in [2.45, 2.75) is 51.5 Å². The fraction of sp³-hybridized carbons (Fsp3) is 0.458. The molecule has 0 spiro atoms. The summed E-state index contributed by atoms with van der Waals surface area (Å²) in [5.74, 6) is -0.0640. The largest absolute Gasteiger partial charge is 0.369 e. The van der Waals surface area contributed by atoms with Gasteiger partial charge in [0.2, 0.25) is 5.91 Å². The van der Waals surface area contributed by atoms with Gasteiger partial charge in [0.1, 0.15) is 15.8 Å². The lowest BCUT2D eigenvalue weighted by Crippen LogP contribution is -2.40. The third-order valence-corrected chi connectivity index (χ3v) is 8.38. The number of aryl methyl sites for hydroxylation is 1. The molecule has 1 aliphatic carbocycles. The number of pyridine rings is 1. The zero-order chi connectivity index (χ0) is 24.0. The lowest BCUT2D eigenvalue weighted by molar-refractivity contribution is -0.124. The number of carbonyl (C=O) groups is 2. The van der Waals surface area contributed by atoms with Crippen LogP contribution in [-0.4, -0.2) is 49.6 Å². The fourth-order valence-electron chi connectivity index (χ4n) is 5.13. The minimum atomic E-state index is -0.294. The number of thiocarbonyl (C=S) groups is 1. The Labute approximate surface area is 207 Å². The minimum Gasteiger partial charge on any atom is -0.369 e. The van der Waals surface area contributed by atoms with Crippen LogP contribution in [0.3, 0.4) is 0 Å². The van der Waals surface area contributed by atoms with Gasteiger partial charge >= 0.3 is 0 Å². The Bertz CT molecular complexity index is 1270. The van der Waals surface area contributed by atoms with Gasteiger partial charge in [-0.25, -0.2) is 4.98 Å². The van der Waals surface area contributed by atoms with Crippen LogP contribution < -0.4 is 16.2 Å². The Balaban J connectivity index is 1.59. The van der Waals surface area contributed by atoms with E-state index in [-0.39, 0.29) is 29.3 Å². The second-order valence-corrected chi connectivity index (χ2v) is 10.9. The number of nitrogens with two attached hydrogens (primary N) is 1. The summed E-state index contributed by atoms with van der Waals surface area (Å²) in [5.41, 5.74) is 7.11. The summed E-state index contributed by atoms with van der Waals surface area (Å²) in [7, 11) is 0. The predicted octanol–water partition coefficient (Wildman–Crippen LogP) is 2.85. The van der Waals surface area contributed by atoms with E-state index in [0.717, 1.165) is 31.2 Å². The molecule has 0 unspecified atom stereocenters. The van der Waals surface area contributed by atoms with Crippen LogP contribution in [-0.2, 0) is 9.59 Å². The summed E-state index contributed by atoms with van der Waals surface area (Å²) >= 11 is 6.80. The van der Waals surface area contributed by atoms with E-state index in [1.807, 2.05) is 24.0 Å². The zero-order valence-electron chi connectivity index (χ0n) is 19.0. The van der Waals surface area contributed by atoms with E-state index in [1.54, 1.807) is 17.2 Å². The summed E-state index contributed by atoms with van der Waals surface area (Å²) in [6, 6.07) is 3.87. The van der Waals surface area contributed by atoms with Crippen molar-refractivity contribution < 1.29 is 9.59 Å². The molecule has 4 heterocycles. The number of hydrogen-bond acceptors (Lipinski definition) is 7. The van der Waals surface area contributed by atoms with E-state index in [0.29, 0.717) is 52.2 Å².